The Morgan fingerprint density at radius 3 is 2.48 bits per heavy atom. The van der Waals surface area contributed by atoms with E-state index in [1.54, 1.807) is 24.3 Å². The number of carbonyl (C=O) groups excluding carboxylic acids is 2. The van der Waals surface area contributed by atoms with Crippen LogP contribution in [0.5, 0.6) is 0 Å². The molecule has 0 amide bonds. The SMILES string of the molecule is [N-]=[N+]=N[C@]1(COP2(=O)OCC[C@@H](c3cccc(Cl)c3)O2)OC(n2ccc(=O)[nH]c2=O)[C@H](OC(=O)CC2CC2)[C@@H]1OC(=O)CC1CC1. The van der Waals surface area contributed by atoms with Crippen molar-refractivity contribution in [2.45, 2.75) is 75.2 Å². The minimum atomic E-state index is -4.38. The van der Waals surface area contributed by atoms with Crippen molar-refractivity contribution in [3.8, 4) is 0 Å². The molecule has 18 heteroatoms. The van der Waals surface area contributed by atoms with Crippen molar-refractivity contribution in [3.63, 3.8) is 0 Å². The number of nitrogens with zero attached hydrogens (tertiary/aromatic N) is 4. The first kappa shape index (κ1) is 32.5. The Bertz CT molecular complexity index is 1700. The maximum atomic E-state index is 13.7. The molecule has 2 saturated carbocycles. The number of benzene rings is 1. The van der Waals surface area contributed by atoms with E-state index < -0.39 is 67.9 Å². The lowest BCUT2D eigenvalue weighted by Gasteiger charge is -2.33. The Balaban J connectivity index is 1.34. The predicted octanol–water partition coefficient (Wildman–Crippen LogP) is 4.45. The Hall–Kier alpha value is -3.49. The van der Waals surface area contributed by atoms with Gasteiger partial charge in [0.25, 0.3) is 5.56 Å². The number of phosphoric acid groups is 1. The molecule has 46 heavy (non-hydrogen) atoms. The van der Waals surface area contributed by atoms with Gasteiger partial charge in [-0.1, -0.05) is 28.8 Å². The smallest absolute Gasteiger partial charge is 0.455 e. The molecule has 3 heterocycles. The van der Waals surface area contributed by atoms with E-state index >= 15 is 0 Å². The number of hydrogen-bond donors (Lipinski definition) is 1. The van der Waals surface area contributed by atoms with Crippen LogP contribution in [0.1, 0.15) is 62.8 Å². The molecule has 0 bridgehead atoms. The lowest BCUT2D eigenvalue weighted by atomic mass is 10.0. The van der Waals surface area contributed by atoms with Gasteiger partial charge in [-0.15, -0.1) is 0 Å². The van der Waals surface area contributed by atoms with Gasteiger partial charge in [0.1, 0.15) is 0 Å². The van der Waals surface area contributed by atoms with Crippen LogP contribution in [0.25, 0.3) is 10.4 Å². The number of rotatable bonds is 12. The predicted molar refractivity (Wildman–Crippen MR) is 157 cm³/mol. The third-order valence-electron chi connectivity index (χ3n) is 8.05. The fourth-order valence-corrected chi connectivity index (χ4v) is 6.97. The standard InChI is InChI=1S/C28H31ClN5O11P/c29-19-3-1-2-18(14-19)20-9-11-40-46(39,45-20)41-15-28(32-33-30)25(43-23(37)13-17-6-7-17)24(42-22(36)12-16-4-5-16)26(44-28)34-10-8-21(35)31-27(34)38/h1-3,8,10,14,16-17,20,24-26H,4-7,9,11-13,15H2,(H,31,35,38)/t20-,24+,25-,26?,28+,46?/m0/s1. The molecule has 0 spiro atoms. The molecule has 4 fully saturated rings. The molecule has 0 radical (unpaired) electrons. The average Bonchev–Trinajstić information content (AvgIpc) is 3.95. The molecule has 246 valence electrons. The molecule has 1 aromatic heterocycles. The van der Waals surface area contributed by atoms with Crippen LogP contribution in [0, 0.1) is 11.8 Å². The van der Waals surface area contributed by atoms with E-state index in [2.05, 4.69) is 15.0 Å². The molecule has 6 rings (SSSR count). The van der Waals surface area contributed by atoms with E-state index in [-0.39, 0.29) is 31.3 Å². The highest BCUT2D eigenvalue weighted by Crippen LogP contribution is 2.58. The summed E-state index contributed by atoms with van der Waals surface area (Å²) < 4.78 is 49.1. The molecule has 2 saturated heterocycles. The van der Waals surface area contributed by atoms with Crippen molar-refractivity contribution in [1.29, 1.82) is 0 Å². The quantitative estimate of drug-likeness (QED) is 0.109. The highest BCUT2D eigenvalue weighted by Gasteiger charge is 2.62. The number of carbonyl (C=O) groups is 2. The number of halogens is 1. The second kappa shape index (κ2) is 13.3. The molecular formula is C28H31ClN5O11P. The number of azide groups is 1. The number of ether oxygens (including phenoxy) is 3. The summed E-state index contributed by atoms with van der Waals surface area (Å²) in [4.78, 5) is 55.8. The third kappa shape index (κ3) is 7.55. The van der Waals surface area contributed by atoms with Crippen molar-refractivity contribution in [2.75, 3.05) is 13.2 Å². The molecule has 4 aliphatic rings. The normalized spacial score (nSPS) is 30.7. The van der Waals surface area contributed by atoms with E-state index in [4.69, 9.17) is 39.4 Å². The van der Waals surface area contributed by atoms with E-state index in [1.165, 1.54) is 0 Å². The molecule has 2 aliphatic carbocycles. The maximum absolute atomic E-state index is 13.7. The van der Waals surface area contributed by atoms with Crippen molar-refractivity contribution < 1.29 is 41.9 Å². The van der Waals surface area contributed by atoms with Gasteiger partial charge in [0, 0.05) is 41.5 Å². The van der Waals surface area contributed by atoms with Gasteiger partial charge in [0.2, 0.25) is 5.72 Å². The molecule has 1 aromatic carbocycles. The first-order valence-electron chi connectivity index (χ1n) is 14.8. The van der Waals surface area contributed by atoms with Gasteiger partial charge in [-0.05, 0) is 60.7 Å². The van der Waals surface area contributed by atoms with Crippen molar-refractivity contribution in [1.82, 2.24) is 9.55 Å². The van der Waals surface area contributed by atoms with E-state index in [9.17, 15) is 29.3 Å². The first-order valence-corrected chi connectivity index (χ1v) is 16.7. The molecule has 2 unspecified atom stereocenters. The van der Waals surface area contributed by atoms with Crippen LogP contribution in [-0.2, 0) is 41.9 Å². The largest absolute Gasteiger partial charge is 0.475 e. The fourth-order valence-electron chi connectivity index (χ4n) is 5.36. The molecular weight excluding hydrogens is 649 g/mol. The number of esters is 2. The van der Waals surface area contributed by atoms with Gasteiger partial charge in [-0.2, -0.15) is 0 Å². The number of phosphoric ester groups is 1. The van der Waals surface area contributed by atoms with Gasteiger partial charge in [-0.25, -0.2) is 9.36 Å². The monoisotopic (exact) mass is 679 g/mol. The summed E-state index contributed by atoms with van der Waals surface area (Å²) >= 11 is 6.12. The highest BCUT2D eigenvalue weighted by atomic mass is 35.5. The lowest BCUT2D eigenvalue weighted by Crippen LogP contribution is -2.49. The highest BCUT2D eigenvalue weighted by molar-refractivity contribution is 7.48. The van der Waals surface area contributed by atoms with E-state index in [1.807, 2.05) is 0 Å². The Kier molecular flexibility index (Phi) is 9.40. The average molecular weight is 680 g/mol. The maximum Gasteiger partial charge on any atom is 0.475 e. The van der Waals surface area contributed by atoms with Gasteiger partial charge < -0.3 is 14.2 Å². The van der Waals surface area contributed by atoms with Gasteiger partial charge in [-0.3, -0.25) is 37.5 Å². The molecule has 2 aliphatic heterocycles. The lowest BCUT2D eigenvalue weighted by molar-refractivity contribution is -0.174. The minimum absolute atomic E-state index is 0.0273. The minimum Gasteiger partial charge on any atom is -0.455 e. The van der Waals surface area contributed by atoms with E-state index in [0.717, 1.165) is 42.5 Å². The summed E-state index contributed by atoms with van der Waals surface area (Å²) in [6.45, 7) is -0.899. The van der Waals surface area contributed by atoms with Gasteiger partial charge >= 0.3 is 25.5 Å². The Morgan fingerprint density at radius 1 is 1.11 bits per heavy atom. The first-order chi connectivity index (χ1) is 22.1. The van der Waals surface area contributed by atoms with Gasteiger partial charge in [0.05, 0.1) is 19.3 Å². The zero-order valence-electron chi connectivity index (χ0n) is 24.4. The summed E-state index contributed by atoms with van der Waals surface area (Å²) in [6.07, 6.45) is -0.728. The summed E-state index contributed by atoms with van der Waals surface area (Å²) in [6, 6.07) is 7.78. The van der Waals surface area contributed by atoms with Crippen LogP contribution in [0.15, 0.2) is 51.2 Å². The van der Waals surface area contributed by atoms with Crippen molar-refractivity contribution >= 4 is 31.4 Å². The molecule has 16 nitrogen and oxygen atoms in total. The van der Waals surface area contributed by atoms with Crippen LogP contribution in [0.4, 0.5) is 0 Å². The summed E-state index contributed by atoms with van der Waals surface area (Å²) in [5, 5.41) is 4.21. The van der Waals surface area contributed by atoms with Crippen LogP contribution >= 0.6 is 19.4 Å². The topological polar surface area (TPSA) is 210 Å². The van der Waals surface area contributed by atoms with E-state index in [0.29, 0.717) is 17.0 Å². The van der Waals surface area contributed by atoms with Gasteiger partial charge in [0.15, 0.2) is 18.4 Å². The summed E-state index contributed by atoms with van der Waals surface area (Å²) in [5.41, 5.74) is 6.30. The van der Waals surface area contributed by atoms with Crippen molar-refractivity contribution in [2.24, 2.45) is 17.0 Å². The fraction of sp³-hybridized carbons (Fsp3) is 0.571. The van der Waals surface area contributed by atoms with Crippen LogP contribution < -0.4 is 11.2 Å². The number of nitrogens with one attached hydrogen (secondary N) is 1. The zero-order valence-corrected chi connectivity index (χ0v) is 26.0. The number of aromatic nitrogens is 2. The third-order valence-corrected chi connectivity index (χ3v) is 9.75. The molecule has 1 N–H and O–H groups in total. The van der Waals surface area contributed by atoms with Crippen LogP contribution in [0.2, 0.25) is 5.02 Å². The molecule has 2 aromatic rings. The Morgan fingerprint density at radius 2 is 1.83 bits per heavy atom. The van der Waals surface area contributed by atoms with Crippen LogP contribution in [0.3, 0.4) is 0 Å². The second-order valence-electron chi connectivity index (χ2n) is 11.7. The van der Waals surface area contributed by atoms with Crippen molar-refractivity contribution in [3.05, 3.63) is 78.4 Å². The molecule has 6 atom stereocenters. The number of aromatic amines is 1. The van der Waals surface area contributed by atoms with Crippen LogP contribution in [-0.4, -0.2) is 52.6 Å². The zero-order chi connectivity index (χ0) is 32.5. The second-order valence-corrected chi connectivity index (χ2v) is 13.8. The number of hydrogen-bond acceptors (Lipinski definition) is 12. The number of H-pyrrole nitrogens is 1. The Labute approximate surface area is 266 Å². The summed E-state index contributed by atoms with van der Waals surface area (Å²) in [7, 11) is -4.38. The summed E-state index contributed by atoms with van der Waals surface area (Å²) in [5.74, 6) is -1.17.